The Balaban J connectivity index is 1.38. The zero-order chi connectivity index (χ0) is 23.8. The van der Waals surface area contributed by atoms with Crippen molar-refractivity contribution in [2.24, 2.45) is 0 Å². The molecule has 0 bridgehead atoms. The molecule has 0 radical (unpaired) electrons. The number of para-hydroxylation sites is 1. The predicted octanol–water partition coefficient (Wildman–Crippen LogP) is 5.01. The van der Waals surface area contributed by atoms with Crippen molar-refractivity contribution in [1.29, 1.82) is 0 Å². The van der Waals surface area contributed by atoms with Gasteiger partial charge in [0.25, 0.3) is 5.69 Å². The van der Waals surface area contributed by atoms with Crippen LogP contribution in [0.25, 0.3) is 17.1 Å². The molecule has 0 aliphatic carbocycles. The minimum Gasteiger partial charge on any atom is -0.467 e. The number of hydrogen-bond donors (Lipinski definition) is 1. The Labute approximate surface area is 200 Å². The van der Waals surface area contributed by atoms with Crippen LogP contribution >= 0.6 is 11.8 Å². The highest BCUT2D eigenvalue weighted by Gasteiger charge is 2.17. The molecule has 0 aliphatic rings. The van der Waals surface area contributed by atoms with Gasteiger partial charge in [0.2, 0.25) is 5.91 Å². The smallest absolute Gasteiger partial charge is 0.269 e. The number of non-ortho nitro benzene ring substituents is 1. The second-order valence-electron chi connectivity index (χ2n) is 7.44. The lowest BCUT2D eigenvalue weighted by atomic mass is 10.2. The lowest BCUT2D eigenvalue weighted by Gasteiger charge is -2.10. The van der Waals surface area contributed by atoms with Crippen molar-refractivity contribution < 1.29 is 14.1 Å². The first kappa shape index (κ1) is 23.2. The van der Waals surface area contributed by atoms with Gasteiger partial charge < -0.3 is 9.73 Å². The molecule has 34 heavy (non-hydrogen) atoms. The van der Waals surface area contributed by atoms with Gasteiger partial charge in [0.15, 0.2) is 11.0 Å². The summed E-state index contributed by atoms with van der Waals surface area (Å²) in [6, 6.07) is 19.6. The van der Waals surface area contributed by atoms with E-state index >= 15 is 0 Å². The number of carbonyl (C=O) groups is 1. The molecule has 0 atom stereocenters. The number of nitrogens with zero attached hydrogens (tertiary/aromatic N) is 4. The largest absolute Gasteiger partial charge is 0.467 e. The van der Waals surface area contributed by atoms with E-state index in [1.165, 1.54) is 12.1 Å². The molecule has 2 heterocycles. The Morgan fingerprint density at radius 3 is 2.53 bits per heavy atom. The second-order valence-corrected chi connectivity index (χ2v) is 8.50. The van der Waals surface area contributed by atoms with E-state index in [1.54, 1.807) is 36.2 Å². The maximum atomic E-state index is 12.0. The van der Waals surface area contributed by atoms with Crippen LogP contribution in [-0.2, 0) is 11.3 Å². The standard InChI is InChI=1S/C24H23N5O4S/c30-22(25-17-21-9-6-15-33-21)10-4-5-16-34-24-27-26-23(28(24)19-7-2-1-3-8-19)18-11-13-20(14-12-18)29(31)32/h1-3,6-9,11-15H,4-5,10,16-17H2,(H,25,30). The summed E-state index contributed by atoms with van der Waals surface area (Å²) in [6.07, 6.45) is 3.62. The van der Waals surface area contributed by atoms with Crippen LogP contribution in [0.15, 0.2) is 82.6 Å². The van der Waals surface area contributed by atoms with Crippen LogP contribution in [0.4, 0.5) is 5.69 Å². The normalized spacial score (nSPS) is 10.8. The van der Waals surface area contributed by atoms with E-state index in [0.29, 0.717) is 18.8 Å². The number of nitrogens with one attached hydrogen (secondary N) is 1. The summed E-state index contributed by atoms with van der Waals surface area (Å²) in [5.74, 6) is 2.11. The zero-order valence-electron chi connectivity index (χ0n) is 18.3. The first-order valence-corrected chi connectivity index (χ1v) is 11.8. The van der Waals surface area contributed by atoms with Gasteiger partial charge in [0.1, 0.15) is 5.76 Å². The van der Waals surface area contributed by atoms with E-state index in [4.69, 9.17) is 4.42 Å². The Morgan fingerprint density at radius 2 is 1.82 bits per heavy atom. The highest BCUT2D eigenvalue weighted by atomic mass is 32.2. The molecular formula is C24H23N5O4S. The molecule has 0 saturated carbocycles. The monoisotopic (exact) mass is 477 g/mol. The van der Waals surface area contributed by atoms with Crippen LogP contribution < -0.4 is 5.32 Å². The molecule has 0 unspecified atom stereocenters. The number of benzene rings is 2. The van der Waals surface area contributed by atoms with Crippen molar-refractivity contribution in [1.82, 2.24) is 20.1 Å². The number of carbonyl (C=O) groups excluding carboxylic acids is 1. The predicted molar refractivity (Wildman–Crippen MR) is 129 cm³/mol. The molecule has 10 heteroatoms. The van der Waals surface area contributed by atoms with Crippen molar-refractivity contribution in [3.63, 3.8) is 0 Å². The molecule has 0 spiro atoms. The van der Waals surface area contributed by atoms with E-state index < -0.39 is 4.92 Å². The van der Waals surface area contributed by atoms with Crippen LogP contribution in [0, 0.1) is 10.1 Å². The molecule has 4 rings (SSSR count). The summed E-state index contributed by atoms with van der Waals surface area (Å²) in [6.45, 7) is 0.395. The van der Waals surface area contributed by atoms with Gasteiger partial charge in [-0.25, -0.2) is 0 Å². The third-order valence-corrected chi connectivity index (χ3v) is 6.07. The first-order chi connectivity index (χ1) is 16.6. The maximum absolute atomic E-state index is 12.0. The first-order valence-electron chi connectivity index (χ1n) is 10.8. The summed E-state index contributed by atoms with van der Waals surface area (Å²) in [5, 5.41) is 23.3. The molecule has 2 aromatic heterocycles. The van der Waals surface area contributed by atoms with E-state index in [1.807, 2.05) is 41.0 Å². The average molecular weight is 478 g/mol. The fourth-order valence-corrected chi connectivity index (χ4v) is 4.28. The van der Waals surface area contributed by atoms with Crippen molar-refractivity contribution in [2.75, 3.05) is 5.75 Å². The van der Waals surface area contributed by atoms with Gasteiger partial charge in [0.05, 0.1) is 17.7 Å². The average Bonchev–Trinajstić information content (AvgIpc) is 3.53. The molecule has 1 N–H and O–H groups in total. The molecule has 0 fully saturated rings. The van der Waals surface area contributed by atoms with Gasteiger partial charge in [-0.1, -0.05) is 30.0 Å². The number of amides is 1. The fourth-order valence-electron chi connectivity index (χ4n) is 3.33. The third-order valence-electron chi connectivity index (χ3n) is 5.05. The third kappa shape index (κ3) is 5.90. The van der Waals surface area contributed by atoms with E-state index in [-0.39, 0.29) is 11.6 Å². The Kier molecular flexibility index (Phi) is 7.71. The van der Waals surface area contributed by atoms with E-state index in [2.05, 4.69) is 15.5 Å². The van der Waals surface area contributed by atoms with Crippen LogP contribution in [0.5, 0.6) is 0 Å². The number of rotatable bonds is 11. The van der Waals surface area contributed by atoms with E-state index in [0.717, 1.165) is 40.8 Å². The molecule has 2 aromatic carbocycles. The number of thioether (sulfide) groups is 1. The molecule has 0 aliphatic heterocycles. The number of unbranched alkanes of at least 4 members (excludes halogenated alkanes) is 1. The van der Waals surface area contributed by atoms with Crippen molar-refractivity contribution >= 4 is 23.4 Å². The topological polar surface area (TPSA) is 116 Å². The van der Waals surface area contributed by atoms with Crippen LogP contribution in [0.3, 0.4) is 0 Å². The number of furan rings is 1. The fraction of sp³-hybridized carbons (Fsp3) is 0.208. The van der Waals surface area contributed by atoms with E-state index in [9.17, 15) is 14.9 Å². The van der Waals surface area contributed by atoms with Crippen molar-refractivity contribution in [3.05, 3.63) is 88.9 Å². The quantitative estimate of drug-likeness (QED) is 0.140. The van der Waals surface area contributed by atoms with Gasteiger partial charge in [-0.2, -0.15) is 0 Å². The highest BCUT2D eigenvalue weighted by molar-refractivity contribution is 7.99. The number of nitro benzene ring substituents is 1. The molecular weight excluding hydrogens is 454 g/mol. The summed E-state index contributed by atoms with van der Waals surface area (Å²) >= 11 is 1.56. The maximum Gasteiger partial charge on any atom is 0.269 e. The number of hydrogen-bond acceptors (Lipinski definition) is 7. The van der Waals surface area contributed by atoms with Crippen molar-refractivity contribution in [3.8, 4) is 17.1 Å². The number of nitro groups is 1. The summed E-state index contributed by atoms with van der Waals surface area (Å²) in [4.78, 5) is 22.6. The van der Waals surface area contributed by atoms with Crippen LogP contribution in [0.1, 0.15) is 25.0 Å². The Hall–Kier alpha value is -3.92. The zero-order valence-corrected chi connectivity index (χ0v) is 19.1. The van der Waals surface area contributed by atoms with Crippen LogP contribution in [-0.4, -0.2) is 31.3 Å². The summed E-state index contributed by atoms with van der Waals surface area (Å²) in [7, 11) is 0. The van der Waals surface area contributed by atoms with Gasteiger partial charge >= 0.3 is 0 Å². The van der Waals surface area contributed by atoms with Crippen molar-refractivity contribution in [2.45, 2.75) is 31.0 Å². The summed E-state index contributed by atoms with van der Waals surface area (Å²) in [5.41, 5.74) is 1.67. The van der Waals surface area contributed by atoms with Crippen LogP contribution in [0.2, 0.25) is 0 Å². The molecule has 9 nitrogen and oxygen atoms in total. The highest BCUT2D eigenvalue weighted by Crippen LogP contribution is 2.29. The van der Waals surface area contributed by atoms with Gasteiger partial charge in [-0.15, -0.1) is 10.2 Å². The minimum absolute atomic E-state index is 0.00527. The van der Waals surface area contributed by atoms with Gasteiger partial charge in [0, 0.05) is 35.6 Å². The van der Waals surface area contributed by atoms with Gasteiger partial charge in [-0.3, -0.25) is 19.5 Å². The summed E-state index contributed by atoms with van der Waals surface area (Å²) < 4.78 is 7.16. The Morgan fingerprint density at radius 1 is 1.03 bits per heavy atom. The minimum atomic E-state index is -0.426. The van der Waals surface area contributed by atoms with Gasteiger partial charge in [-0.05, 0) is 49.2 Å². The lowest BCUT2D eigenvalue weighted by molar-refractivity contribution is -0.384. The molecule has 4 aromatic rings. The molecule has 0 saturated heterocycles. The Bertz CT molecular complexity index is 1220. The molecule has 174 valence electrons. The lowest BCUT2D eigenvalue weighted by Crippen LogP contribution is -2.22. The number of aromatic nitrogens is 3. The molecule has 1 amide bonds. The second kappa shape index (κ2) is 11.3. The SMILES string of the molecule is O=C(CCCCSc1nnc(-c2ccc([N+](=O)[O-])cc2)n1-c1ccccc1)NCc1ccco1.